The molecule has 0 saturated carbocycles. The summed E-state index contributed by atoms with van der Waals surface area (Å²) in [4.78, 5) is 14.5. The van der Waals surface area contributed by atoms with Gasteiger partial charge in [-0.05, 0) is 29.1 Å². The van der Waals surface area contributed by atoms with E-state index in [1.165, 1.54) is 27.4 Å². The zero-order chi connectivity index (χ0) is 17.1. The highest BCUT2D eigenvalue weighted by atomic mass is 32.1. The van der Waals surface area contributed by atoms with E-state index in [0.29, 0.717) is 6.54 Å². The zero-order valence-corrected chi connectivity index (χ0v) is 14.7. The Hall–Kier alpha value is -2.37. The van der Waals surface area contributed by atoms with Crippen molar-refractivity contribution in [2.45, 2.75) is 19.0 Å². The molecule has 128 valence electrons. The van der Waals surface area contributed by atoms with Crippen molar-refractivity contribution >= 4 is 17.2 Å². The molecule has 5 heteroatoms. The fraction of sp³-hybridized carbons (Fsp3) is 0.250. The molecule has 1 aromatic carbocycles. The van der Waals surface area contributed by atoms with E-state index < -0.39 is 0 Å². The van der Waals surface area contributed by atoms with Crippen LogP contribution in [0.15, 0.2) is 64.6 Å². The Morgan fingerprint density at radius 1 is 1.16 bits per heavy atom. The largest absolute Gasteiger partial charge is 0.463 e. The van der Waals surface area contributed by atoms with Gasteiger partial charge in [0.2, 0.25) is 0 Å². The van der Waals surface area contributed by atoms with E-state index in [9.17, 15) is 4.79 Å². The Balaban J connectivity index is 1.50. The lowest BCUT2D eigenvalue weighted by Crippen LogP contribution is -3.12. The molecule has 4 rings (SSSR count). The van der Waals surface area contributed by atoms with Crippen LogP contribution in [0.1, 0.15) is 32.6 Å². The summed E-state index contributed by atoms with van der Waals surface area (Å²) in [5.74, 6) is 0.921. The number of hydrogen-bond donors (Lipinski definition) is 2. The van der Waals surface area contributed by atoms with Gasteiger partial charge in [-0.15, -0.1) is 11.3 Å². The van der Waals surface area contributed by atoms with E-state index in [0.717, 1.165) is 30.1 Å². The first-order chi connectivity index (χ1) is 12.3. The third-order valence-electron chi connectivity index (χ3n) is 4.84. The number of quaternary nitrogens is 1. The SMILES string of the molecule is O=C(NC[C@@H](c1ccco1)[NH+]1CCc2ccccc2C1)c1cccs1. The van der Waals surface area contributed by atoms with Crippen LogP contribution >= 0.6 is 11.3 Å². The maximum Gasteiger partial charge on any atom is 0.261 e. The van der Waals surface area contributed by atoms with Crippen molar-refractivity contribution < 1.29 is 14.1 Å². The average Bonchev–Trinajstić information content (AvgIpc) is 3.35. The van der Waals surface area contributed by atoms with Gasteiger partial charge in [0.1, 0.15) is 6.54 Å². The first kappa shape index (κ1) is 16.1. The van der Waals surface area contributed by atoms with Gasteiger partial charge in [-0.2, -0.15) is 0 Å². The van der Waals surface area contributed by atoms with Crippen LogP contribution in [0.3, 0.4) is 0 Å². The number of thiophene rings is 1. The van der Waals surface area contributed by atoms with Gasteiger partial charge in [-0.25, -0.2) is 0 Å². The number of furan rings is 1. The average molecular weight is 353 g/mol. The summed E-state index contributed by atoms with van der Waals surface area (Å²) < 4.78 is 5.69. The van der Waals surface area contributed by atoms with Gasteiger partial charge in [-0.3, -0.25) is 4.79 Å². The van der Waals surface area contributed by atoms with Crippen molar-refractivity contribution in [1.82, 2.24) is 5.32 Å². The highest BCUT2D eigenvalue weighted by molar-refractivity contribution is 7.12. The summed E-state index contributed by atoms with van der Waals surface area (Å²) in [5.41, 5.74) is 2.83. The molecule has 0 radical (unpaired) electrons. The van der Waals surface area contributed by atoms with Crippen LogP contribution in [0.2, 0.25) is 0 Å². The predicted octanol–water partition coefficient (Wildman–Crippen LogP) is 2.45. The fourth-order valence-electron chi connectivity index (χ4n) is 3.52. The molecule has 3 heterocycles. The van der Waals surface area contributed by atoms with E-state index in [1.54, 1.807) is 6.26 Å². The van der Waals surface area contributed by atoms with Crippen LogP contribution in [-0.4, -0.2) is 19.0 Å². The second kappa shape index (κ2) is 7.25. The molecule has 1 aliphatic heterocycles. The van der Waals surface area contributed by atoms with E-state index in [-0.39, 0.29) is 11.9 Å². The van der Waals surface area contributed by atoms with Crippen LogP contribution in [0.4, 0.5) is 0 Å². The number of rotatable bonds is 5. The minimum atomic E-state index is -0.0108. The Kier molecular flexibility index (Phi) is 4.68. The second-order valence-electron chi connectivity index (χ2n) is 6.36. The third-order valence-corrected chi connectivity index (χ3v) is 5.71. The number of carbonyl (C=O) groups is 1. The summed E-state index contributed by atoms with van der Waals surface area (Å²) in [6.45, 7) is 2.56. The maximum absolute atomic E-state index is 12.3. The lowest BCUT2D eigenvalue weighted by molar-refractivity contribution is -0.946. The third kappa shape index (κ3) is 3.52. The molecule has 3 aromatic rings. The lowest BCUT2D eigenvalue weighted by atomic mass is 9.98. The van der Waals surface area contributed by atoms with Gasteiger partial charge in [0, 0.05) is 12.0 Å². The van der Waals surface area contributed by atoms with Gasteiger partial charge < -0.3 is 14.6 Å². The standard InChI is InChI=1S/C20H20N2O2S/c23-20(19-8-4-12-25-19)21-13-17(18-7-3-11-24-18)22-10-9-15-5-1-2-6-16(15)14-22/h1-8,11-12,17H,9-10,13-14H2,(H,21,23)/p+1/t17-/m0/s1. The first-order valence-corrected chi connectivity index (χ1v) is 9.45. The summed E-state index contributed by atoms with van der Waals surface area (Å²) in [6.07, 6.45) is 2.77. The molecule has 1 aliphatic rings. The summed E-state index contributed by atoms with van der Waals surface area (Å²) in [5, 5.41) is 5.01. The second-order valence-corrected chi connectivity index (χ2v) is 7.31. The molecular weight excluding hydrogens is 332 g/mol. The predicted molar refractivity (Wildman–Crippen MR) is 97.8 cm³/mol. The molecule has 0 bridgehead atoms. The highest BCUT2D eigenvalue weighted by Crippen LogP contribution is 2.16. The summed E-state index contributed by atoms with van der Waals surface area (Å²) in [7, 11) is 0. The minimum Gasteiger partial charge on any atom is -0.463 e. The number of fused-ring (bicyclic) bond motifs is 1. The molecule has 4 nitrogen and oxygen atoms in total. The van der Waals surface area contributed by atoms with Crippen LogP contribution in [-0.2, 0) is 13.0 Å². The number of amides is 1. The monoisotopic (exact) mass is 353 g/mol. The normalized spacial score (nSPS) is 17.7. The van der Waals surface area contributed by atoms with E-state index in [1.807, 2.05) is 29.6 Å². The lowest BCUT2D eigenvalue weighted by Gasteiger charge is -2.31. The quantitative estimate of drug-likeness (QED) is 0.740. The molecule has 2 aromatic heterocycles. The number of hydrogen-bond acceptors (Lipinski definition) is 3. The fourth-order valence-corrected chi connectivity index (χ4v) is 4.16. The number of nitrogens with one attached hydrogen (secondary N) is 2. The summed E-state index contributed by atoms with van der Waals surface area (Å²) in [6, 6.07) is 16.4. The Bertz CT molecular complexity index is 827. The van der Waals surface area contributed by atoms with Crippen molar-refractivity contribution in [3.8, 4) is 0 Å². The van der Waals surface area contributed by atoms with Crippen LogP contribution in [0.25, 0.3) is 0 Å². The van der Waals surface area contributed by atoms with E-state index in [4.69, 9.17) is 4.42 Å². The van der Waals surface area contributed by atoms with Crippen molar-refractivity contribution in [3.05, 3.63) is 81.9 Å². The van der Waals surface area contributed by atoms with Crippen molar-refractivity contribution in [2.24, 2.45) is 0 Å². The summed E-state index contributed by atoms with van der Waals surface area (Å²) >= 11 is 1.46. The molecule has 2 N–H and O–H groups in total. The minimum absolute atomic E-state index is 0.0108. The van der Waals surface area contributed by atoms with Crippen molar-refractivity contribution in [2.75, 3.05) is 13.1 Å². The van der Waals surface area contributed by atoms with Crippen molar-refractivity contribution in [1.29, 1.82) is 0 Å². The molecule has 0 aliphatic carbocycles. The van der Waals surface area contributed by atoms with Gasteiger partial charge in [0.15, 0.2) is 11.8 Å². The van der Waals surface area contributed by atoms with Gasteiger partial charge in [-0.1, -0.05) is 30.3 Å². The number of benzene rings is 1. The molecule has 0 saturated heterocycles. The van der Waals surface area contributed by atoms with E-state index >= 15 is 0 Å². The smallest absolute Gasteiger partial charge is 0.261 e. The van der Waals surface area contributed by atoms with Gasteiger partial charge in [0.05, 0.1) is 24.2 Å². The molecule has 0 spiro atoms. The highest BCUT2D eigenvalue weighted by Gasteiger charge is 2.30. The number of carbonyl (C=O) groups excluding carboxylic acids is 1. The van der Waals surface area contributed by atoms with Crippen molar-refractivity contribution in [3.63, 3.8) is 0 Å². The molecular formula is C20H21N2O2S+. The Morgan fingerprint density at radius 3 is 2.80 bits per heavy atom. The van der Waals surface area contributed by atoms with Crippen LogP contribution in [0, 0.1) is 0 Å². The topological polar surface area (TPSA) is 46.7 Å². The Morgan fingerprint density at radius 2 is 2.04 bits per heavy atom. The van der Waals surface area contributed by atoms with E-state index in [2.05, 4.69) is 29.6 Å². The zero-order valence-electron chi connectivity index (χ0n) is 13.9. The Labute approximate surface area is 151 Å². The molecule has 1 unspecified atom stereocenters. The molecule has 0 fully saturated rings. The van der Waals surface area contributed by atoms with Gasteiger partial charge >= 0.3 is 0 Å². The molecule has 1 amide bonds. The molecule has 2 atom stereocenters. The van der Waals surface area contributed by atoms with Gasteiger partial charge in [0.25, 0.3) is 5.91 Å². The molecule has 25 heavy (non-hydrogen) atoms. The maximum atomic E-state index is 12.3. The van der Waals surface area contributed by atoms with Crippen LogP contribution < -0.4 is 10.2 Å². The first-order valence-electron chi connectivity index (χ1n) is 8.58. The van der Waals surface area contributed by atoms with Crippen LogP contribution in [0.5, 0.6) is 0 Å².